The van der Waals surface area contributed by atoms with Crippen molar-refractivity contribution in [3.63, 3.8) is 0 Å². The van der Waals surface area contributed by atoms with Crippen molar-refractivity contribution in [2.45, 2.75) is 58.8 Å². The normalized spacial score (nSPS) is 11.8. The van der Waals surface area contributed by atoms with Crippen molar-refractivity contribution in [2.24, 2.45) is 0 Å². The van der Waals surface area contributed by atoms with Crippen LogP contribution in [0.3, 0.4) is 0 Å². The third-order valence-electron chi connectivity index (χ3n) is 5.32. The first-order valence-corrected chi connectivity index (χ1v) is 12.3. The van der Waals surface area contributed by atoms with E-state index in [9.17, 15) is 19.5 Å². The second kappa shape index (κ2) is 12.9. The van der Waals surface area contributed by atoms with Gasteiger partial charge in [-0.1, -0.05) is 24.3 Å². The number of nitrogens with zero attached hydrogens (tertiary/aromatic N) is 2. The lowest BCUT2D eigenvalue weighted by atomic mass is 10.0. The molecular weight excluding hydrogens is 504 g/mol. The highest BCUT2D eigenvalue weighted by Crippen LogP contribution is 2.28. The van der Waals surface area contributed by atoms with Gasteiger partial charge in [-0.25, -0.2) is 14.8 Å². The Balaban J connectivity index is 1.86. The van der Waals surface area contributed by atoms with Gasteiger partial charge in [0, 0.05) is 19.5 Å². The van der Waals surface area contributed by atoms with Crippen LogP contribution in [-0.4, -0.2) is 51.8 Å². The predicted molar refractivity (Wildman–Crippen MR) is 141 cm³/mol. The number of hydrogen-bond donors (Lipinski definition) is 1. The lowest BCUT2D eigenvalue weighted by Gasteiger charge is -2.20. The Bertz CT molecular complexity index is 1330. The van der Waals surface area contributed by atoms with Gasteiger partial charge in [0.15, 0.2) is 5.82 Å². The van der Waals surface area contributed by atoms with Gasteiger partial charge in [-0.3, -0.25) is 9.59 Å². The van der Waals surface area contributed by atoms with Gasteiger partial charge in [0.05, 0.1) is 24.8 Å². The average molecular weight is 537 g/mol. The maximum atomic E-state index is 12.4. The fourth-order valence-corrected chi connectivity index (χ4v) is 3.75. The maximum Gasteiger partial charge on any atom is 0.345 e. The number of carboxylic acid groups (broad SMARTS) is 1. The van der Waals surface area contributed by atoms with Gasteiger partial charge in [-0.15, -0.1) is 0 Å². The van der Waals surface area contributed by atoms with Crippen LogP contribution in [0.1, 0.15) is 44.5 Å². The molecule has 0 fully saturated rings. The monoisotopic (exact) mass is 536 g/mol. The molecular formula is C29H32N2O8. The molecule has 0 amide bonds. The van der Waals surface area contributed by atoms with E-state index in [0.29, 0.717) is 34.1 Å². The topological polar surface area (TPSA) is 134 Å². The van der Waals surface area contributed by atoms with Crippen molar-refractivity contribution in [1.82, 2.24) is 9.97 Å². The number of carbonyl (C=O) groups is 3. The number of para-hydroxylation sites is 1. The van der Waals surface area contributed by atoms with Gasteiger partial charge in [0.2, 0.25) is 6.10 Å². The third-order valence-corrected chi connectivity index (χ3v) is 5.32. The lowest BCUT2D eigenvalue weighted by molar-refractivity contribution is -0.162. The Hall–Kier alpha value is -4.47. The number of benzene rings is 2. The molecule has 0 radical (unpaired) electrons. The summed E-state index contributed by atoms with van der Waals surface area (Å²) in [6, 6.07) is 14.1. The second-order valence-corrected chi connectivity index (χ2v) is 9.71. The molecule has 3 aromatic rings. The molecule has 2 aromatic carbocycles. The highest BCUT2D eigenvalue weighted by molar-refractivity contribution is 5.77. The van der Waals surface area contributed by atoms with Crippen LogP contribution in [0.5, 0.6) is 11.5 Å². The molecule has 39 heavy (non-hydrogen) atoms. The summed E-state index contributed by atoms with van der Waals surface area (Å²) in [5.74, 6) is -1.00. The number of esters is 2. The van der Waals surface area contributed by atoms with E-state index in [1.807, 2.05) is 24.3 Å². The van der Waals surface area contributed by atoms with E-state index in [1.54, 1.807) is 58.3 Å². The molecule has 0 spiro atoms. The SMILES string of the molecule is COc1ccccc1-c1nccc(COc2ccc(CC(=O)OC(C)(C)C)cc2CC(OC(C)=O)C(=O)O)n1. The first kappa shape index (κ1) is 29.1. The smallest absolute Gasteiger partial charge is 0.345 e. The van der Waals surface area contributed by atoms with E-state index in [4.69, 9.17) is 18.9 Å². The lowest BCUT2D eigenvalue weighted by Crippen LogP contribution is -2.28. The van der Waals surface area contributed by atoms with Crippen LogP contribution in [0.2, 0.25) is 0 Å². The predicted octanol–water partition coefficient (Wildman–Crippen LogP) is 4.17. The number of rotatable bonds is 11. The van der Waals surface area contributed by atoms with Gasteiger partial charge in [0.25, 0.3) is 0 Å². The van der Waals surface area contributed by atoms with E-state index in [2.05, 4.69) is 9.97 Å². The molecule has 0 saturated heterocycles. The van der Waals surface area contributed by atoms with Crippen molar-refractivity contribution in [2.75, 3.05) is 7.11 Å². The number of aromatic nitrogens is 2. The number of aliphatic carboxylic acids is 1. The number of methoxy groups -OCH3 is 1. The first-order valence-electron chi connectivity index (χ1n) is 12.3. The fraction of sp³-hybridized carbons (Fsp3) is 0.345. The molecule has 0 aliphatic carbocycles. The Morgan fingerprint density at radius 1 is 1.03 bits per heavy atom. The molecule has 1 atom stereocenters. The number of carboxylic acids is 1. The zero-order chi connectivity index (χ0) is 28.6. The highest BCUT2D eigenvalue weighted by Gasteiger charge is 2.24. The quantitative estimate of drug-likeness (QED) is 0.356. The van der Waals surface area contributed by atoms with Crippen LogP contribution in [0.4, 0.5) is 0 Å². The second-order valence-electron chi connectivity index (χ2n) is 9.71. The Morgan fingerprint density at radius 2 is 1.77 bits per heavy atom. The molecule has 1 N–H and O–H groups in total. The zero-order valence-electron chi connectivity index (χ0n) is 22.6. The van der Waals surface area contributed by atoms with Crippen LogP contribution in [0.25, 0.3) is 11.4 Å². The Labute approximate surface area is 226 Å². The molecule has 3 rings (SSSR count). The minimum Gasteiger partial charge on any atom is -0.496 e. The van der Waals surface area contributed by atoms with Crippen molar-refractivity contribution in [3.8, 4) is 22.9 Å². The van der Waals surface area contributed by atoms with Gasteiger partial charge < -0.3 is 24.1 Å². The minimum absolute atomic E-state index is 0.0238. The first-order chi connectivity index (χ1) is 18.4. The van der Waals surface area contributed by atoms with E-state index in [-0.39, 0.29) is 19.4 Å². The van der Waals surface area contributed by atoms with E-state index in [1.165, 1.54) is 0 Å². The highest BCUT2D eigenvalue weighted by atomic mass is 16.6. The van der Waals surface area contributed by atoms with Crippen LogP contribution in [0.15, 0.2) is 54.7 Å². The van der Waals surface area contributed by atoms with E-state index >= 15 is 0 Å². The van der Waals surface area contributed by atoms with E-state index < -0.39 is 29.6 Å². The van der Waals surface area contributed by atoms with Gasteiger partial charge in [-0.2, -0.15) is 0 Å². The maximum absolute atomic E-state index is 12.4. The van der Waals surface area contributed by atoms with E-state index in [0.717, 1.165) is 12.5 Å². The van der Waals surface area contributed by atoms with Crippen molar-refractivity contribution >= 4 is 17.9 Å². The molecule has 0 aliphatic rings. The summed E-state index contributed by atoms with van der Waals surface area (Å²) < 4.78 is 21.8. The van der Waals surface area contributed by atoms with Crippen LogP contribution in [0, 0.1) is 0 Å². The molecule has 0 aliphatic heterocycles. The third kappa shape index (κ3) is 8.80. The minimum atomic E-state index is -1.43. The summed E-state index contributed by atoms with van der Waals surface area (Å²) in [7, 11) is 1.57. The molecule has 1 aromatic heterocycles. The van der Waals surface area contributed by atoms with Gasteiger partial charge in [-0.05, 0) is 56.2 Å². The molecule has 0 saturated carbocycles. The fourth-order valence-electron chi connectivity index (χ4n) is 3.75. The molecule has 10 nitrogen and oxygen atoms in total. The van der Waals surface area contributed by atoms with Crippen LogP contribution < -0.4 is 9.47 Å². The van der Waals surface area contributed by atoms with Crippen molar-refractivity contribution < 1.29 is 38.4 Å². The number of ether oxygens (including phenoxy) is 4. The summed E-state index contributed by atoms with van der Waals surface area (Å²) in [5.41, 5.74) is 1.69. The summed E-state index contributed by atoms with van der Waals surface area (Å²) >= 11 is 0. The largest absolute Gasteiger partial charge is 0.496 e. The molecule has 206 valence electrons. The van der Waals surface area contributed by atoms with Crippen LogP contribution >= 0.6 is 0 Å². The summed E-state index contributed by atoms with van der Waals surface area (Å²) in [6.07, 6.45) is -0.00981. The molecule has 0 bridgehead atoms. The summed E-state index contributed by atoms with van der Waals surface area (Å²) in [5, 5.41) is 9.59. The van der Waals surface area contributed by atoms with Crippen LogP contribution in [-0.2, 0) is 43.3 Å². The molecule has 1 heterocycles. The van der Waals surface area contributed by atoms with Crippen molar-refractivity contribution in [3.05, 3.63) is 71.5 Å². The van der Waals surface area contributed by atoms with Gasteiger partial charge in [0.1, 0.15) is 23.7 Å². The summed E-state index contributed by atoms with van der Waals surface area (Å²) in [4.78, 5) is 44.5. The molecule has 10 heteroatoms. The Kier molecular flexibility index (Phi) is 9.59. The number of hydrogen-bond acceptors (Lipinski definition) is 9. The molecule has 1 unspecified atom stereocenters. The Morgan fingerprint density at radius 3 is 2.44 bits per heavy atom. The summed E-state index contributed by atoms with van der Waals surface area (Å²) in [6.45, 7) is 6.51. The average Bonchev–Trinajstić information content (AvgIpc) is 2.86. The standard InChI is InChI=1S/C29H32N2O8/c1-18(32)38-25(28(34)35)16-20-14-19(15-26(33)39-29(2,3)4)10-11-23(20)37-17-21-12-13-30-27(31-21)22-8-6-7-9-24(22)36-5/h6-14,25H,15-17H2,1-5H3,(H,34,35). The number of carbonyl (C=O) groups excluding carboxylic acids is 2. The van der Waals surface area contributed by atoms with Gasteiger partial charge >= 0.3 is 17.9 Å². The zero-order valence-corrected chi connectivity index (χ0v) is 22.6. The van der Waals surface area contributed by atoms with Crippen molar-refractivity contribution in [1.29, 1.82) is 0 Å².